The standard InChI is InChI=1S/C20H20ClFN4O/c21-15-3-5-17-14(8-15)2-1-7-26(17)19(27)25-12-20(13-25)10-24(11-20)18-6-4-16(22)9-23-18/h3-6,8-9H,1-2,7,10-13H2. The van der Waals surface area contributed by atoms with Crippen molar-refractivity contribution in [1.82, 2.24) is 9.88 Å². The van der Waals surface area contributed by atoms with Crippen LogP contribution in [0.25, 0.3) is 0 Å². The van der Waals surface area contributed by atoms with Crippen LogP contribution in [0.5, 0.6) is 0 Å². The second kappa shape index (κ2) is 6.09. The first-order valence-corrected chi connectivity index (χ1v) is 9.62. The molecule has 0 atom stereocenters. The molecule has 2 saturated heterocycles. The summed E-state index contributed by atoms with van der Waals surface area (Å²) in [5.74, 6) is 0.478. The molecule has 0 bridgehead atoms. The molecule has 2 aromatic rings. The summed E-state index contributed by atoms with van der Waals surface area (Å²) in [5.41, 5.74) is 2.29. The average molecular weight is 387 g/mol. The highest BCUT2D eigenvalue weighted by atomic mass is 35.5. The van der Waals surface area contributed by atoms with Gasteiger partial charge < -0.3 is 9.80 Å². The maximum Gasteiger partial charge on any atom is 0.324 e. The number of rotatable bonds is 1. The summed E-state index contributed by atoms with van der Waals surface area (Å²) in [6.07, 6.45) is 3.17. The predicted molar refractivity (Wildman–Crippen MR) is 103 cm³/mol. The van der Waals surface area contributed by atoms with Crippen LogP contribution in [0, 0.1) is 11.2 Å². The minimum atomic E-state index is -0.322. The van der Waals surface area contributed by atoms with Crippen molar-refractivity contribution < 1.29 is 9.18 Å². The number of pyridine rings is 1. The molecule has 0 unspecified atom stereocenters. The van der Waals surface area contributed by atoms with Crippen molar-refractivity contribution >= 4 is 29.1 Å². The Kier molecular flexibility index (Phi) is 3.79. The Hall–Kier alpha value is -2.34. The van der Waals surface area contributed by atoms with Gasteiger partial charge in [0.15, 0.2) is 0 Å². The summed E-state index contributed by atoms with van der Waals surface area (Å²) in [4.78, 5) is 23.1. The molecule has 7 heteroatoms. The van der Waals surface area contributed by atoms with Crippen molar-refractivity contribution in [2.24, 2.45) is 5.41 Å². The zero-order chi connectivity index (χ0) is 18.6. The molecule has 1 aromatic carbocycles. The third-order valence-electron chi connectivity index (χ3n) is 5.80. The van der Waals surface area contributed by atoms with Crippen LogP contribution in [0.1, 0.15) is 12.0 Å². The van der Waals surface area contributed by atoms with Gasteiger partial charge in [-0.25, -0.2) is 14.2 Å². The van der Waals surface area contributed by atoms with Gasteiger partial charge in [-0.3, -0.25) is 4.90 Å². The fourth-order valence-corrected chi connectivity index (χ4v) is 4.71. The Morgan fingerprint density at radius 2 is 1.96 bits per heavy atom. The van der Waals surface area contributed by atoms with Gasteiger partial charge in [-0.1, -0.05) is 11.6 Å². The van der Waals surface area contributed by atoms with E-state index in [4.69, 9.17) is 11.6 Å². The summed E-state index contributed by atoms with van der Waals surface area (Å²) in [6, 6.07) is 9.00. The fourth-order valence-electron chi connectivity index (χ4n) is 4.51. The molecule has 5 rings (SSSR count). The third kappa shape index (κ3) is 2.83. The predicted octanol–water partition coefficient (Wildman–Crippen LogP) is 3.57. The lowest BCUT2D eigenvalue weighted by Crippen LogP contribution is -2.74. The molecule has 5 nitrogen and oxygen atoms in total. The van der Waals surface area contributed by atoms with E-state index < -0.39 is 0 Å². The van der Waals surface area contributed by atoms with E-state index in [9.17, 15) is 9.18 Å². The molecule has 4 heterocycles. The van der Waals surface area contributed by atoms with Crippen LogP contribution >= 0.6 is 11.6 Å². The summed E-state index contributed by atoms with van der Waals surface area (Å²) < 4.78 is 13.0. The zero-order valence-corrected chi connectivity index (χ0v) is 15.6. The van der Waals surface area contributed by atoms with Crippen molar-refractivity contribution in [3.63, 3.8) is 0 Å². The van der Waals surface area contributed by atoms with E-state index >= 15 is 0 Å². The first kappa shape index (κ1) is 16.8. The van der Waals surface area contributed by atoms with Gasteiger partial charge in [-0.2, -0.15) is 0 Å². The van der Waals surface area contributed by atoms with E-state index in [1.54, 1.807) is 6.07 Å². The van der Waals surface area contributed by atoms with Gasteiger partial charge in [0.25, 0.3) is 0 Å². The molecule has 1 aromatic heterocycles. The van der Waals surface area contributed by atoms with Crippen LogP contribution in [0.2, 0.25) is 5.02 Å². The Labute approximate surface area is 162 Å². The lowest BCUT2D eigenvalue weighted by atomic mass is 9.73. The van der Waals surface area contributed by atoms with Crippen molar-refractivity contribution in [1.29, 1.82) is 0 Å². The SMILES string of the molecule is O=C(N1CC2(C1)CN(c1ccc(F)cn1)C2)N1CCCc2cc(Cl)ccc21. The highest BCUT2D eigenvalue weighted by Gasteiger charge is 2.54. The molecule has 0 radical (unpaired) electrons. The zero-order valence-electron chi connectivity index (χ0n) is 14.9. The fraction of sp³-hybridized carbons (Fsp3) is 0.400. The number of benzene rings is 1. The van der Waals surface area contributed by atoms with Crippen LogP contribution in [0.15, 0.2) is 36.5 Å². The molecule has 0 aliphatic carbocycles. The van der Waals surface area contributed by atoms with Crippen LogP contribution in [0.3, 0.4) is 0 Å². The monoisotopic (exact) mass is 386 g/mol. The van der Waals surface area contributed by atoms with Gasteiger partial charge in [0.05, 0.1) is 6.20 Å². The molecular formula is C20H20ClFN4O. The van der Waals surface area contributed by atoms with Gasteiger partial charge in [-0.05, 0) is 48.7 Å². The van der Waals surface area contributed by atoms with Crippen LogP contribution in [-0.4, -0.2) is 48.6 Å². The number of nitrogens with zero attached hydrogens (tertiary/aromatic N) is 4. The minimum Gasteiger partial charge on any atom is -0.355 e. The Morgan fingerprint density at radius 1 is 1.15 bits per heavy atom. The number of anilines is 2. The Bertz CT molecular complexity index is 889. The number of amides is 2. The number of fused-ring (bicyclic) bond motifs is 1. The first-order valence-electron chi connectivity index (χ1n) is 9.24. The number of aromatic nitrogens is 1. The second-order valence-corrected chi connectivity index (χ2v) is 8.29. The number of carbonyl (C=O) groups is 1. The Morgan fingerprint density at radius 3 is 2.70 bits per heavy atom. The minimum absolute atomic E-state index is 0.0854. The number of hydrogen-bond acceptors (Lipinski definition) is 3. The number of halogens is 2. The van der Waals surface area contributed by atoms with Crippen LogP contribution in [-0.2, 0) is 6.42 Å². The van der Waals surface area contributed by atoms with Gasteiger partial charge in [0.1, 0.15) is 11.6 Å². The van der Waals surface area contributed by atoms with Crippen molar-refractivity contribution in [3.8, 4) is 0 Å². The Balaban J connectivity index is 1.22. The molecule has 0 N–H and O–H groups in total. The molecule has 140 valence electrons. The highest BCUT2D eigenvalue weighted by molar-refractivity contribution is 6.30. The molecule has 27 heavy (non-hydrogen) atoms. The summed E-state index contributed by atoms with van der Waals surface area (Å²) in [7, 11) is 0. The second-order valence-electron chi connectivity index (χ2n) is 7.86. The molecular weight excluding hydrogens is 367 g/mol. The smallest absolute Gasteiger partial charge is 0.324 e. The van der Waals surface area contributed by atoms with Crippen molar-refractivity contribution in [2.75, 3.05) is 42.5 Å². The number of carbonyl (C=O) groups excluding carboxylic acids is 1. The topological polar surface area (TPSA) is 39.7 Å². The van der Waals surface area contributed by atoms with Crippen molar-refractivity contribution in [2.45, 2.75) is 12.8 Å². The lowest BCUT2D eigenvalue weighted by molar-refractivity contribution is 0.00957. The van der Waals surface area contributed by atoms with Crippen molar-refractivity contribution in [3.05, 3.63) is 52.9 Å². The maximum atomic E-state index is 13.0. The molecule has 3 aliphatic rings. The number of urea groups is 1. The summed E-state index contributed by atoms with van der Waals surface area (Å²) in [5, 5.41) is 0.718. The van der Waals surface area contributed by atoms with Crippen LogP contribution < -0.4 is 9.80 Å². The van der Waals surface area contributed by atoms with Crippen LogP contribution in [0.4, 0.5) is 20.7 Å². The van der Waals surface area contributed by atoms with E-state index in [-0.39, 0.29) is 17.3 Å². The van der Waals surface area contributed by atoms with E-state index in [1.165, 1.54) is 12.3 Å². The van der Waals surface area contributed by atoms with Gasteiger partial charge in [0.2, 0.25) is 0 Å². The van der Waals surface area contributed by atoms with Gasteiger partial charge in [-0.15, -0.1) is 0 Å². The molecule has 3 aliphatic heterocycles. The molecule has 2 amide bonds. The number of likely N-dealkylation sites (tertiary alicyclic amines) is 1. The first-order chi connectivity index (χ1) is 13.0. The van der Waals surface area contributed by atoms with Gasteiger partial charge >= 0.3 is 6.03 Å². The van der Waals surface area contributed by atoms with E-state index in [0.717, 1.165) is 67.7 Å². The average Bonchev–Trinajstić information content (AvgIpc) is 2.59. The van der Waals surface area contributed by atoms with E-state index in [2.05, 4.69) is 9.88 Å². The van der Waals surface area contributed by atoms with Gasteiger partial charge in [0, 0.05) is 48.8 Å². The highest BCUT2D eigenvalue weighted by Crippen LogP contribution is 2.42. The normalized spacial score (nSPS) is 20.1. The molecule has 0 saturated carbocycles. The number of hydrogen-bond donors (Lipinski definition) is 0. The third-order valence-corrected chi connectivity index (χ3v) is 6.04. The number of aryl methyl sites for hydroxylation is 1. The molecule has 1 spiro atoms. The quantitative estimate of drug-likeness (QED) is 0.752. The summed E-state index contributed by atoms with van der Waals surface area (Å²) >= 11 is 6.10. The van der Waals surface area contributed by atoms with E-state index in [0.29, 0.717) is 0 Å². The van der Waals surface area contributed by atoms with E-state index in [1.807, 2.05) is 28.0 Å². The lowest BCUT2D eigenvalue weighted by Gasteiger charge is -2.60. The molecule has 2 fully saturated rings. The maximum absolute atomic E-state index is 13.0. The largest absolute Gasteiger partial charge is 0.355 e. The summed E-state index contributed by atoms with van der Waals surface area (Å²) in [6.45, 7) is 4.01.